The van der Waals surface area contributed by atoms with Gasteiger partial charge in [-0.2, -0.15) is 0 Å². The molecule has 0 radical (unpaired) electrons. The van der Waals surface area contributed by atoms with E-state index in [2.05, 4.69) is 10.2 Å². The highest BCUT2D eigenvalue weighted by molar-refractivity contribution is 7.98. The topological polar surface area (TPSA) is 99.9 Å². The Morgan fingerprint density at radius 3 is 2.57 bits per heavy atom. The predicted octanol–water partition coefficient (Wildman–Crippen LogP) is 2.49. The van der Waals surface area contributed by atoms with Crippen LogP contribution in [-0.2, 0) is 11.2 Å². The maximum atomic E-state index is 11.0. The molecule has 0 atom stereocenters. The number of para-hydroxylation sites is 1. The number of hydrogen-bond acceptors (Lipinski definition) is 6. The summed E-state index contributed by atoms with van der Waals surface area (Å²) in [5, 5.41) is 19.7. The quantitative estimate of drug-likeness (QED) is 0.403. The van der Waals surface area contributed by atoms with E-state index >= 15 is 0 Å². The van der Waals surface area contributed by atoms with Gasteiger partial charge < -0.3 is 5.84 Å². The van der Waals surface area contributed by atoms with Crippen LogP contribution in [0.15, 0.2) is 29.4 Å². The first-order valence-corrected chi connectivity index (χ1v) is 7.35. The second-order valence-electron chi connectivity index (χ2n) is 5.60. The highest BCUT2D eigenvalue weighted by atomic mass is 32.2. The second-order valence-corrected chi connectivity index (χ2v) is 6.54. The molecule has 1 aromatic heterocycles. The van der Waals surface area contributed by atoms with Gasteiger partial charge in [-0.1, -0.05) is 50.7 Å². The van der Waals surface area contributed by atoms with Gasteiger partial charge in [0.25, 0.3) is 5.69 Å². The summed E-state index contributed by atoms with van der Waals surface area (Å²) in [6.07, 6.45) is 0. The highest BCUT2D eigenvalue weighted by Crippen LogP contribution is 2.28. The summed E-state index contributed by atoms with van der Waals surface area (Å²) < 4.78 is 1.44. The molecule has 0 saturated heterocycles. The molecule has 0 unspecified atom stereocenters. The maximum absolute atomic E-state index is 11.0. The van der Waals surface area contributed by atoms with E-state index in [0.29, 0.717) is 22.3 Å². The van der Waals surface area contributed by atoms with Crippen molar-refractivity contribution >= 4 is 17.4 Å². The largest absolute Gasteiger partial charge is 0.336 e. The van der Waals surface area contributed by atoms with E-state index in [1.165, 1.54) is 22.5 Å². The summed E-state index contributed by atoms with van der Waals surface area (Å²) in [6, 6.07) is 6.64. The van der Waals surface area contributed by atoms with Gasteiger partial charge in [-0.25, -0.2) is 4.68 Å². The summed E-state index contributed by atoms with van der Waals surface area (Å²) in [7, 11) is 0. The number of nitrogens with two attached hydrogens (primary N) is 1. The van der Waals surface area contributed by atoms with Gasteiger partial charge in [-0.15, -0.1) is 10.2 Å². The number of nitro benzene ring substituents is 1. The Labute approximate surface area is 126 Å². The average molecular weight is 307 g/mol. The first-order valence-electron chi connectivity index (χ1n) is 6.37. The summed E-state index contributed by atoms with van der Waals surface area (Å²) >= 11 is 1.33. The second kappa shape index (κ2) is 5.72. The Balaban J connectivity index is 2.18. The number of aromatic nitrogens is 3. The Morgan fingerprint density at radius 1 is 1.33 bits per heavy atom. The maximum Gasteiger partial charge on any atom is 0.273 e. The Morgan fingerprint density at radius 2 is 2.00 bits per heavy atom. The summed E-state index contributed by atoms with van der Waals surface area (Å²) in [6.45, 7) is 5.99. The molecule has 0 aliphatic carbocycles. The third-order valence-electron chi connectivity index (χ3n) is 2.88. The van der Waals surface area contributed by atoms with Gasteiger partial charge in [0.05, 0.1) is 4.92 Å². The lowest BCUT2D eigenvalue weighted by Crippen LogP contribution is -2.24. The lowest BCUT2D eigenvalue weighted by Gasteiger charge is -2.16. The smallest absolute Gasteiger partial charge is 0.273 e. The van der Waals surface area contributed by atoms with E-state index in [1.54, 1.807) is 18.2 Å². The molecule has 0 spiro atoms. The fourth-order valence-corrected chi connectivity index (χ4v) is 2.69. The van der Waals surface area contributed by atoms with E-state index in [1.807, 2.05) is 20.8 Å². The number of nitrogens with zero attached hydrogens (tertiary/aromatic N) is 4. The molecule has 0 fully saturated rings. The Bertz CT molecular complexity index is 663. The lowest BCUT2D eigenvalue weighted by molar-refractivity contribution is -0.385. The predicted molar refractivity (Wildman–Crippen MR) is 81.5 cm³/mol. The molecule has 1 aromatic carbocycles. The van der Waals surface area contributed by atoms with Crippen LogP contribution in [0.25, 0.3) is 0 Å². The normalized spacial score (nSPS) is 11.6. The van der Waals surface area contributed by atoms with Gasteiger partial charge >= 0.3 is 0 Å². The molecule has 0 bridgehead atoms. The van der Waals surface area contributed by atoms with Crippen molar-refractivity contribution < 1.29 is 4.92 Å². The van der Waals surface area contributed by atoms with Gasteiger partial charge in [0.2, 0.25) is 5.16 Å². The van der Waals surface area contributed by atoms with Gasteiger partial charge in [-0.3, -0.25) is 10.1 Å². The summed E-state index contributed by atoms with van der Waals surface area (Å²) in [5.41, 5.74) is 0.524. The number of nitrogen functional groups attached to an aromatic ring is 1. The molecule has 2 N–H and O–H groups in total. The van der Waals surface area contributed by atoms with Gasteiger partial charge in [0.15, 0.2) is 5.82 Å². The molecular weight excluding hydrogens is 290 g/mol. The first kappa shape index (κ1) is 15.3. The highest BCUT2D eigenvalue weighted by Gasteiger charge is 2.23. The van der Waals surface area contributed by atoms with Crippen LogP contribution < -0.4 is 5.84 Å². The van der Waals surface area contributed by atoms with E-state index in [-0.39, 0.29) is 16.0 Å². The van der Waals surface area contributed by atoms with Crippen molar-refractivity contribution in [3.63, 3.8) is 0 Å². The zero-order valence-electron chi connectivity index (χ0n) is 12.1. The number of thioether (sulfide) groups is 1. The van der Waals surface area contributed by atoms with E-state index in [0.717, 1.165) is 0 Å². The van der Waals surface area contributed by atoms with Crippen molar-refractivity contribution in [2.75, 3.05) is 5.84 Å². The van der Waals surface area contributed by atoms with E-state index in [9.17, 15) is 10.1 Å². The van der Waals surface area contributed by atoms with Crippen molar-refractivity contribution in [1.29, 1.82) is 0 Å². The van der Waals surface area contributed by atoms with E-state index < -0.39 is 0 Å². The van der Waals surface area contributed by atoms with Crippen molar-refractivity contribution in [1.82, 2.24) is 14.9 Å². The monoisotopic (exact) mass is 307 g/mol. The standard InChI is InChI=1S/C13H17N5O2S/c1-13(2,3)11-15-16-12(17(11)14)21-8-9-6-4-5-7-10(9)18(19)20/h4-7H,8,14H2,1-3H3. The van der Waals surface area contributed by atoms with Crippen molar-refractivity contribution in [2.24, 2.45) is 0 Å². The first-order chi connectivity index (χ1) is 9.80. The van der Waals surface area contributed by atoms with Crippen LogP contribution in [0.4, 0.5) is 5.69 Å². The summed E-state index contributed by atoms with van der Waals surface area (Å²) in [4.78, 5) is 10.6. The molecule has 8 heteroatoms. The van der Waals surface area contributed by atoms with Crippen LogP contribution in [-0.4, -0.2) is 19.8 Å². The van der Waals surface area contributed by atoms with Crippen molar-refractivity contribution in [2.45, 2.75) is 37.1 Å². The molecule has 21 heavy (non-hydrogen) atoms. The van der Waals surface area contributed by atoms with Crippen LogP contribution in [0, 0.1) is 10.1 Å². The molecule has 112 valence electrons. The average Bonchev–Trinajstić information content (AvgIpc) is 2.77. The molecule has 1 heterocycles. The number of rotatable bonds is 4. The zero-order valence-corrected chi connectivity index (χ0v) is 12.9. The van der Waals surface area contributed by atoms with Crippen LogP contribution in [0.1, 0.15) is 32.2 Å². The van der Waals surface area contributed by atoms with E-state index in [4.69, 9.17) is 5.84 Å². The number of nitro groups is 1. The third-order valence-corrected chi connectivity index (χ3v) is 3.87. The van der Waals surface area contributed by atoms with Gasteiger partial charge in [0.1, 0.15) is 0 Å². The molecule has 7 nitrogen and oxygen atoms in total. The van der Waals surface area contributed by atoms with Crippen molar-refractivity contribution in [3.8, 4) is 0 Å². The van der Waals surface area contributed by atoms with Gasteiger partial charge in [0, 0.05) is 22.8 Å². The summed E-state index contributed by atoms with van der Waals surface area (Å²) in [5.74, 6) is 7.08. The fourth-order valence-electron chi connectivity index (χ4n) is 1.84. The van der Waals surface area contributed by atoms with Crippen LogP contribution in [0.2, 0.25) is 0 Å². The Kier molecular flexibility index (Phi) is 4.17. The molecular formula is C13H17N5O2S. The molecule has 2 rings (SSSR count). The minimum atomic E-state index is -0.385. The fraction of sp³-hybridized carbons (Fsp3) is 0.385. The van der Waals surface area contributed by atoms with Gasteiger partial charge in [-0.05, 0) is 0 Å². The van der Waals surface area contributed by atoms with Crippen LogP contribution >= 0.6 is 11.8 Å². The van der Waals surface area contributed by atoms with Crippen LogP contribution in [0.3, 0.4) is 0 Å². The molecule has 0 aliphatic rings. The Hall–Kier alpha value is -2.09. The number of benzene rings is 1. The number of hydrogen-bond donors (Lipinski definition) is 1. The lowest BCUT2D eigenvalue weighted by atomic mass is 9.96. The van der Waals surface area contributed by atoms with Crippen LogP contribution in [0.5, 0.6) is 0 Å². The SMILES string of the molecule is CC(C)(C)c1nnc(SCc2ccccc2[N+](=O)[O-])n1N. The zero-order chi connectivity index (χ0) is 15.6. The minimum absolute atomic E-state index is 0.101. The minimum Gasteiger partial charge on any atom is -0.336 e. The third kappa shape index (κ3) is 3.33. The van der Waals surface area contributed by atoms with Crippen molar-refractivity contribution in [3.05, 3.63) is 45.8 Å². The molecule has 0 saturated carbocycles. The molecule has 2 aromatic rings. The molecule has 0 aliphatic heterocycles. The molecule has 0 amide bonds.